The van der Waals surface area contributed by atoms with E-state index in [-0.39, 0.29) is 24.9 Å². The molecule has 0 aromatic heterocycles. The van der Waals surface area contributed by atoms with Gasteiger partial charge in [-0.15, -0.1) is 0 Å². The molecule has 1 fully saturated rings. The van der Waals surface area contributed by atoms with E-state index in [4.69, 9.17) is 0 Å². The molecule has 1 aliphatic heterocycles. The van der Waals surface area contributed by atoms with Gasteiger partial charge in [-0.05, 0) is 57.7 Å². The van der Waals surface area contributed by atoms with Crippen molar-refractivity contribution in [2.75, 3.05) is 38.5 Å². The minimum Gasteiger partial charge on any atom is -0.341 e. The average molecular weight is 345 g/mol. The van der Waals surface area contributed by atoms with Gasteiger partial charge in [0.2, 0.25) is 11.8 Å². The van der Waals surface area contributed by atoms with Gasteiger partial charge in [-0.25, -0.2) is 0 Å². The van der Waals surface area contributed by atoms with Crippen LogP contribution in [0.15, 0.2) is 12.1 Å². The Morgan fingerprint density at radius 3 is 2.44 bits per heavy atom. The number of amides is 2. The maximum absolute atomic E-state index is 12.4. The van der Waals surface area contributed by atoms with E-state index in [1.54, 1.807) is 4.90 Å². The number of hydrogen-bond acceptors (Lipinski definition) is 3. The number of aryl methyl sites for hydroxylation is 3. The van der Waals surface area contributed by atoms with Crippen molar-refractivity contribution in [1.82, 2.24) is 9.80 Å². The molecule has 5 heteroatoms. The second-order valence-corrected chi connectivity index (χ2v) is 7.58. The van der Waals surface area contributed by atoms with Crippen molar-refractivity contribution in [2.24, 2.45) is 5.92 Å². The fourth-order valence-corrected chi connectivity index (χ4v) is 3.60. The fraction of sp³-hybridized carbons (Fsp3) is 0.600. The molecule has 138 valence electrons. The number of hydrogen-bond donors (Lipinski definition) is 1. The number of benzene rings is 1. The first-order valence-corrected chi connectivity index (χ1v) is 9.10. The van der Waals surface area contributed by atoms with Crippen LogP contribution in [0.25, 0.3) is 0 Å². The summed E-state index contributed by atoms with van der Waals surface area (Å²) in [5, 5.41) is 2.99. The number of nitrogens with zero attached hydrogens (tertiary/aromatic N) is 2. The van der Waals surface area contributed by atoms with Gasteiger partial charge in [-0.2, -0.15) is 0 Å². The van der Waals surface area contributed by atoms with Gasteiger partial charge in [0, 0.05) is 18.8 Å². The lowest BCUT2D eigenvalue weighted by Crippen LogP contribution is -2.45. The molecule has 0 bridgehead atoms. The van der Waals surface area contributed by atoms with Gasteiger partial charge in [-0.3, -0.25) is 14.5 Å². The Labute approximate surface area is 151 Å². The van der Waals surface area contributed by atoms with Crippen molar-refractivity contribution in [3.63, 3.8) is 0 Å². The summed E-state index contributed by atoms with van der Waals surface area (Å²) < 4.78 is 0. The quantitative estimate of drug-likeness (QED) is 0.893. The molecule has 0 spiro atoms. The van der Waals surface area contributed by atoms with Gasteiger partial charge >= 0.3 is 0 Å². The van der Waals surface area contributed by atoms with E-state index in [9.17, 15) is 9.59 Å². The number of piperidine rings is 1. The molecule has 1 heterocycles. The van der Waals surface area contributed by atoms with Gasteiger partial charge in [0.1, 0.15) is 0 Å². The molecule has 1 aromatic carbocycles. The molecular weight excluding hydrogens is 314 g/mol. The van der Waals surface area contributed by atoms with Crippen LogP contribution in [-0.2, 0) is 9.59 Å². The van der Waals surface area contributed by atoms with Crippen molar-refractivity contribution in [3.8, 4) is 0 Å². The van der Waals surface area contributed by atoms with Gasteiger partial charge in [-0.1, -0.05) is 24.6 Å². The standard InChI is InChI=1S/C20H31N3O2/c1-14-7-6-8-23(11-14)19(25)13-22(5)12-18(24)21-20-16(3)9-15(2)10-17(20)4/h9-10,14H,6-8,11-13H2,1-5H3,(H,21,24)/t14-/m0/s1. The second-order valence-electron chi connectivity index (χ2n) is 7.58. The molecule has 0 radical (unpaired) electrons. The number of carbonyl (C=O) groups is 2. The van der Waals surface area contributed by atoms with Crippen LogP contribution in [0, 0.1) is 26.7 Å². The van der Waals surface area contributed by atoms with Crippen LogP contribution in [0.4, 0.5) is 5.69 Å². The zero-order valence-electron chi connectivity index (χ0n) is 16.2. The highest BCUT2D eigenvalue weighted by atomic mass is 16.2. The summed E-state index contributed by atoms with van der Waals surface area (Å²) >= 11 is 0. The second kappa shape index (κ2) is 8.48. The maximum atomic E-state index is 12.4. The van der Waals surface area contributed by atoms with E-state index in [0.717, 1.165) is 36.3 Å². The van der Waals surface area contributed by atoms with Crippen LogP contribution >= 0.6 is 0 Å². The third kappa shape index (κ3) is 5.56. The van der Waals surface area contributed by atoms with Gasteiger partial charge in [0.25, 0.3) is 0 Å². The van der Waals surface area contributed by atoms with Gasteiger partial charge in [0.05, 0.1) is 13.1 Å². The zero-order chi connectivity index (χ0) is 18.6. The SMILES string of the molecule is Cc1cc(C)c(NC(=O)CN(C)CC(=O)N2CCC[C@H](C)C2)c(C)c1. The normalized spacial score (nSPS) is 17.7. The summed E-state index contributed by atoms with van der Waals surface area (Å²) in [5.41, 5.74) is 4.19. The summed E-state index contributed by atoms with van der Waals surface area (Å²) in [6.07, 6.45) is 2.26. The molecular formula is C20H31N3O2. The molecule has 0 unspecified atom stereocenters. The van der Waals surface area contributed by atoms with E-state index < -0.39 is 0 Å². The third-order valence-corrected chi connectivity index (χ3v) is 4.77. The molecule has 2 rings (SSSR count). The number of likely N-dealkylation sites (tertiary alicyclic amines) is 1. The zero-order valence-corrected chi connectivity index (χ0v) is 16.2. The topological polar surface area (TPSA) is 52.7 Å². The van der Waals surface area contributed by atoms with Crippen molar-refractivity contribution < 1.29 is 9.59 Å². The summed E-state index contributed by atoms with van der Waals surface area (Å²) in [4.78, 5) is 28.5. The molecule has 0 aliphatic carbocycles. The summed E-state index contributed by atoms with van der Waals surface area (Å²) in [5.74, 6) is 0.598. The van der Waals surface area contributed by atoms with E-state index >= 15 is 0 Å². The predicted octanol–water partition coefficient (Wildman–Crippen LogP) is 2.74. The molecule has 2 amide bonds. The highest BCUT2D eigenvalue weighted by molar-refractivity contribution is 5.94. The lowest BCUT2D eigenvalue weighted by Gasteiger charge is -2.32. The summed E-state index contributed by atoms with van der Waals surface area (Å²) in [6, 6.07) is 4.13. The van der Waals surface area contributed by atoms with Gasteiger partial charge < -0.3 is 10.2 Å². The van der Waals surface area contributed by atoms with Crippen molar-refractivity contribution in [3.05, 3.63) is 28.8 Å². The summed E-state index contributed by atoms with van der Waals surface area (Å²) in [6.45, 7) is 10.4. The molecule has 1 N–H and O–H groups in total. The first kappa shape index (κ1) is 19.4. The molecule has 5 nitrogen and oxygen atoms in total. The highest BCUT2D eigenvalue weighted by Crippen LogP contribution is 2.21. The third-order valence-electron chi connectivity index (χ3n) is 4.77. The first-order valence-electron chi connectivity index (χ1n) is 9.10. The lowest BCUT2D eigenvalue weighted by molar-refractivity contribution is -0.134. The van der Waals surface area contributed by atoms with Gasteiger partial charge in [0.15, 0.2) is 0 Å². The Bertz CT molecular complexity index is 619. The molecule has 0 saturated carbocycles. The van der Waals surface area contributed by atoms with E-state index in [1.165, 1.54) is 12.0 Å². The monoisotopic (exact) mass is 345 g/mol. The minimum absolute atomic E-state index is 0.0858. The van der Waals surface area contributed by atoms with E-state index in [0.29, 0.717) is 5.92 Å². The molecule has 1 atom stereocenters. The fourth-order valence-electron chi connectivity index (χ4n) is 3.60. The minimum atomic E-state index is -0.0858. The average Bonchev–Trinajstić information content (AvgIpc) is 2.50. The Morgan fingerprint density at radius 2 is 1.84 bits per heavy atom. The molecule has 1 saturated heterocycles. The maximum Gasteiger partial charge on any atom is 0.238 e. The number of carbonyl (C=O) groups excluding carboxylic acids is 2. The van der Waals surface area contributed by atoms with Crippen LogP contribution in [-0.4, -0.2) is 54.8 Å². The largest absolute Gasteiger partial charge is 0.341 e. The Kier molecular flexibility index (Phi) is 6.59. The van der Waals surface area contributed by atoms with Crippen molar-refractivity contribution >= 4 is 17.5 Å². The van der Waals surface area contributed by atoms with Crippen molar-refractivity contribution in [1.29, 1.82) is 0 Å². The van der Waals surface area contributed by atoms with Crippen LogP contribution in [0.1, 0.15) is 36.5 Å². The Balaban J connectivity index is 1.87. The summed E-state index contributed by atoms with van der Waals surface area (Å²) in [7, 11) is 1.82. The molecule has 1 aliphatic rings. The smallest absolute Gasteiger partial charge is 0.238 e. The molecule has 25 heavy (non-hydrogen) atoms. The highest BCUT2D eigenvalue weighted by Gasteiger charge is 2.22. The lowest BCUT2D eigenvalue weighted by atomic mass is 10.0. The number of rotatable bonds is 5. The predicted molar refractivity (Wildman–Crippen MR) is 102 cm³/mol. The Morgan fingerprint density at radius 1 is 1.20 bits per heavy atom. The molecule has 1 aromatic rings. The van der Waals surface area contributed by atoms with E-state index in [2.05, 4.69) is 24.4 Å². The van der Waals surface area contributed by atoms with Crippen LogP contribution in [0.2, 0.25) is 0 Å². The number of likely N-dealkylation sites (N-methyl/N-ethyl adjacent to an activating group) is 1. The first-order chi connectivity index (χ1) is 11.8. The Hall–Kier alpha value is -1.88. The van der Waals surface area contributed by atoms with Crippen LogP contribution in [0.3, 0.4) is 0 Å². The number of nitrogens with one attached hydrogen (secondary N) is 1. The van der Waals surface area contributed by atoms with Crippen molar-refractivity contribution in [2.45, 2.75) is 40.5 Å². The van der Waals surface area contributed by atoms with Crippen LogP contribution in [0.5, 0.6) is 0 Å². The van der Waals surface area contributed by atoms with Crippen LogP contribution < -0.4 is 5.32 Å². The van der Waals surface area contributed by atoms with E-state index in [1.807, 2.05) is 32.7 Å². The number of anilines is 1.